The molecule has 2 fully saturated rings. The van der Waals surface area contributed by atoms with E-state index in [0.717, 1.165) is 6.54 Å². The average Bonchev–Trinajstić information content (AvgIpc) is 3.19. The molecule has 10 nitrogen and oxygen atoms in total. The Balaban J connectivity index is 1.45. The molecule has 2 saturated heterocycles. The highest BCUT2D eigenvalue weighted by Gasteiger charge is 2.36. The van der Waals surface area contributed by atoms with Crippen LogP contribution in [0.5, 0.6) is 5.88 Å². The molecule has 3 N–H and O–H groups in total. The van der Waals surface area contributed by atoms with Crippen LogP contribution in [0, 0.1) is 11.3 Å². The quantitative estimate of drug-likeness (QED) is 0.364. The minimum atomic E-state index is -1.13. The molecule has 37 heavy (non-hydrogen) atoms. The molecule has 5 rings (SSSR count). The van der Waals surface area contributed by atoms with Crippen LogP contribution in [-0.4, -0.2) is 83.9 Å². The lowest BCUT2D eigenvalue weighted by Gasteiger charge is -2.42. The van der Waals surface area contributed by atoms with Gasteiger partial charge >= 0.3 is 0 Å². The molecule has 0 amide bonds. The fraction of sp³-hybridized carbons (Fsp3) is 0.500. The van der Waals surface area contributed by atoms with Gasteiger partial charge in [-0.05, 0) is 31.0 Å². The van der Waals surface area contributed by atoms with E-state index in [0.29, 0.717) is 43.1 Å². The van der Waals surface area contributed by atoms with Crippen LogP contribution in [0.1, 0.15) is 13.3 Å². The molecule has 0 aliphatic carbocycles. The molecule has 2 aliphatic rings. The number of alkyl halides is 2. The smallest absolute Gasteiger partial charge is 0.244 e. The highest BCUT2D eigenvalue weighted by atomic mass is 19.1. The summed E-state index contributed by atoms with van der Waals surface area (Å²) in [7, 11) is 1.41. The third kappa shape index (κ3) is 4.92. The Morgan fingerprint density at radius 2 is 2.16 bits per heavy atom. The van der Waals surface area contributed by atoms with E-state index in [1.807, 2.05) is 0 Å². The Bertz CT molecular complexity index is 1280. The van der Waals surface area contributed by atoms with Crippen molar-refractivity contribution in [3.63, 3.8) is 0 Å². The fourth-order valence-corrected chi connectivity index (χ4v) is 4.73. The Hall–Kier alpha value is -3.45. The van der Waals surface area contributed by atoms with Crippen LogP contribution in [0.15, 0.2) is 29.5 Å². The van der Waals surface area contributed by atoms with Crippen LogP contribution in [0.25, 0.3) is 16.6 Å². The third-order valence-electron chi connectivity index (χ3n) is 6.81. The molecule has 0 radical (unpaired) electrons. The van der Waals surface area contributed by atoms with Gasteiger partial charge in [0, 0.05) is 13.1 Å². The van der Waals surface area contributed by atoms with Crippen molar-refractivity contribution in [2.75, 3.05) is 50.7 Å². The number of halogens is 3. The first-order chi connectivity index (χ1) is 17.9. The zero-order valence-electron chi connectivity index (χ0n) is 20.5. The molecular weight excluding hydrogens is 489 g/mol. The van der Waals surface area contributed by atoms with Crippen LogP contribution >= 0.6 is 0 Å². The lowest BCUT2D eigenvalue weighted by molar-refractivity contribution is -0.0794. The van der Waals surface area contributed by atoms with Crippen molar-refractivity contribution in [3.05, 3.63) is 30.2 Å². The molecule has 0 spiro atoms. The first kappa shape index (κ1) is 25.2. The molecule has 3 aromatic rings. The Morgan fingerprint density at radius 3 is 2.81 bits per heavy atom. The Morgan fingerprint density at radius 1 is 1.35 bits per heavy atom. The molecular formula is C24H29F3N8O2. The van der Waals surface area contributed by atoms with Gasteiger partial charge in [-0.1, -0.05) is 6.07 Å². The molecule has 4 heterocycles. The molecule has 2 aliphatic heterocycles. The number of piperidine rings is 1. The van der Waals surface area contributed by atoms with Crippen molar-refractivity contribution in [2.45, 2.75) is 37.6 Å². The van der Waals surface area contributed by atoms with E-state index >= 15 is 4.39 Å². The highest BCUT2D eigenvalue weighted by molar-refractivity contribution is 5.88. The molecule has 198 valence electrons. The van der Waals surface area contributed by atoms with Gasteiger partial charge in [0.2, 0.25) is 11.8 Å². The predicted octanol–water partition coefficient (Wildman–Crippen LogP) is 4.20. The maximum atomic E-state index is 15.3. The number of hydrogen-bond donors (Lipinski definition) is 3. The van der Waals surface area contributed by atoms with Crippen molar-refractivity contribution < 1.29 is 22.6 Å². The third-order valence-corrected chi connectivity index (χ3v) is 6.81. The molecule has 0 bridgehead atoms. The zero-order valence-corrected chi connectivity index (χ0v) is 20.5. The van der Waals surface area contributed by atoms with E-state index in [9.17, 15) is 8.78 Å². The van der Waals surface area contributed by atoms with Gasteiger partial charge in [-0.2, -0.15) is 10.1 Å². The van der Waals surface area contributed by atoms with E-state index in [1.165, 1.54) is 17.8 Å². The van der Waals surface area contributed by atoms with E-state index in [1.54, 1.807) is 25.1 Å². The number of nitrogens with zero attached hydrogens (tertiary/aromatic N) is 5. The lowest BCUT2D eigenvalue weighted by Crippen LogP contribution is -2.57. The summed E-state index contributed by atoms with van der Waals surface area (Å²) in [4.78, 5) is 6.50. The summed E-state index contributed by atoms with van der Waals surface area (Å²) in [6, 6.07) is 4.01. The normalized spacial score (nSPS) is 21.4. The van der Waals surface area contributed by atoms with E-state index in [4.69, 9.17) is 15.0 Å². The maximum Gasteiger partial charge on any atom is 0.244 e. The second kappa shape index (κ2) is 10.5. The Labute approximate surface area is 211 Å². The van der Waals surface area contributed by atoms with E-state index in [2.05, 4.69) is 30.7 Å². The topological polar surface area (TPSA) is 112 Å². The van der Waals surface area contributed by atoms with Gasteiger partial charge in [0.25, 0.3) is 0 Å². The number of likely N-dealkylation sites (tertiary alicyclic amines) is 1. The number of rotatable bonds is 9. The van der Waals surface area contributed by atoms with Crippen molar-refractivity contribution in [3.8, 4) is 17.0 Å². The summed E-state index contributed by atoms with van der Waals surface area (Å²) in [6.45, 7) is 3.31. The average molecular weight is 519 g/mol. The minimum Gasteiger partial charge on any atom is -0.479 e. The van der Waals surface area contributed by atoms with E-state index < -0.39 is 30.7 Å². The number of nitrogens with one attached hydrogen (secondary N) is 3. The number of hydrogen-bond acceptors (Lipinski definition) is 9. The van der Waals surface area contributed by atoms with Gasteiger partial charge in [0.15, 0.2) is 5.82 Å². The van der Waals surface area contributed by atoms with Crippen LogP contribution in [0.2, 0.25) is 0 Å². The summed E-state index contributed by atoms with van der Waals surface area (Å²) >= 11 is 0. The number of anilines is 2. The molecule has 0 unspecified atom stereocenters. The molecule has 1 aromatic carbocycles. The highest BCUT2D eigenvalue weighted by Crippen LogP contribution is 2.38. The number of aromatic nitrogens is 3. The summed E-state index contributed by atoms with van der Waals surface area (Å²) in [5, 5.41) is 13.8. The number of methoxy groups -OCH3 is 1. The van der Waals surface area contributed by atoms with Gasteiger partial charge in [-0.3, -0.25) is 4.90 Å². The fourth-order valence-electron chi connectivity index (χ4n) is 4.73. The largest absolute Gasteiger partial charge is 0.479 e. The number of ether oxygens (including phenoxy) is 2. The standard InChI is InChI=1S/C24H29F3N8O2/c1-13(8-25)29-20-7-14(3-4-19(20)32-28)21-17(27)10-35-22(21)23(36-2)31-24(33-35)30-18-5-6-34(9-16(18)26)15-11-37-12-15/h3-4,7,10,13,15-16,18,28-29H,5-6,8-9,11-12H2,1-2H3,(H,30,33)/t13-,16+,18-/m1/s1. The van der Waals surface area contributed by atoms with E-state index in [-0.39, 0.29) is 29.0 Å². The van der Waals surface area contributed by atoms with Crippen molar-refractivity contribution in [1.29, 1.82) is 5.53 Å². The van der Waals surface area contributed by atoms with Gasteiger partial charge < -0.3 is 20.1 Å². The maximum absolute atomic E-state index is 15.3. The second-order valence-corrected chi connectivity index (χ2v) is 9.38. The second-order valence-electron chi connectivity index (χ2n) is 9.38. The molecule has 13 heteroatoms. The van der Waals surface area contributed by atoms with Gasteiger partial charge in [-0.15, -0.1) is 5.10 Å². The SMILES string of the molecule is COc1nc(N[C@@H]2CCN(C3COC3)C[C@@H]2F)nn2cc(F)c(-c3ccc(N=N)c(N[C@H](C)CF)c3)c12. The monoisotopic (exact) mass is 518 g/mol. The zero-order chi connectivity index (χ0) is 26.1. The molecule has 0 saturated carbocycles. The molecule has 3 atom stereocenters. The minimum absolute atomic E-state index is 0.108. The van der Waals surface area contributed by atoms with Crippen LogP contribution in [0.3, 0.4) is 0 Å². The van der Waals surface area contributed by atoms with Gasteiger partial charge in [-0.25, -0.2) is 23.2 Å². The van der Waals surface area contributed by atoms with Crippen molar-refractivity contribution in [2.24, 2.45) is 5.11 Å². The molecule has 2 aromatic heterocycles. The Kier molecular flexibility index (Phi) is 7.15. The lowest BCUT2D eigenvalue weighted by atomic mass is 10.0. The van der Waals surface area contributed by atoms with Crippen LogP contribution < -0.4 is 15.4 Å². The van der Waals surface area contributed by atoms with Crippen molar-refractivity contribution in [1.82, 2.24) is 19.5 Å². The summed E-state index contributed by atoms with van der Waals surface area (Å²) in [5.41, 5.74) is 8.97. The predicted molar refractivity (Wildman–Crippen MR) is 132 cm³/mol. The first-order valence-corrected chi connectivity index (χ1v) is 12.1. The van der Waals surface area contributed by atoms with Crippen molar-refractivity contribution >= 4 is 22.8 Å². The van der Waals surface area contributed by atoms with Crippen LogP contribution in [0.4, 0.5) is 30.5 Å². The first-order valence-electron chi connectivity index (χ1n) is 12.1. The van der Waals surface area contributed by atoms with Crippen LogP contribution in [-0.2, 0) is 4.74 Å². The van der Waals surface area contributed by atoms with Gasteiger partial charge in [0.1, 0.15) is 24.1 Å². The summed E-state index contributed by atoms with van der Waals surface area (Å²) in [5.74, 6) is -0.345. The summed E-state index contributed by atoms with van der Waals surface area (Å²) < 4.78 is 55.3. The van der Waals surface area contributed by atoms with Gasteiger partial charge in [0.05, 0.1) is 55.9 Å². The number of benzene rings is 1. The number of fused-ring (bicyclic) bond motifs is 1. The summed E-state index contributed by atoms with van der Waals surface area (Å²) in [6.07, 6.45) is 0.634.